The number of hydrogen-bond donors (Lipinski definition) is 0. The molecule has 2 aromatic carbocycles. The van der Waals surface area contributed by atoms with Crippen LogP contribution in [0.1, 0.15) is 21.3 Å². The molecule has 1 aliphatic rings. The molecular weight excluding hydrogens is 350 g/mol. The number of hydrogen-bond acceptors (Lipinski definition) is 4. The van der Waals surface area contributed by atoms with E-state index in [2.05, 4.69) is 85.2 Å². The van der Waals surface area contributed by atoms with Gasteiger partial charge < -0.3 is 0 Å². The van der Waals surface area contributed by atoms with Crippen LogP contribution in [0.25, 0.3) is 21.8 Å². The summed E-state index contributed by atoms with van der Waals surface area (Å²) in [4.78, 5) is 4.88. The molecule has 0 radical (unpaired) electrons. The minimum atomic E-state index is 0.612. The van der Waals surface area contributed by atoms with Gasteiger partial charge >= 0.3 is 0 Å². The first-order chi connectivity index (χ1) is 11.7. The summed E-state index contributed by atoms with van der Waals surface area (Å²) in [6.45, 7) is 4.29. The van der Waals surface area contributed by atoms with Crippen molar-refractivity contribution in [1.29, 1.82) is 0 Å². The lowest BCUT2D eigenvalue weighted by molar-refractivity contribution is 1.33. The van der Waals surface area contributed by atoms with Crippen molar-refractivity contribution in [2.45, 2.75) is 18.4 Å². The van der Waals surface area contributed by atoms with Gasteiger partial charge in [-0.05, 0) is 25.0 Å². The number of thioether (sulfide) groups is 2. The third kappa shape index (κ3) is 3.28. The molecule has 0 spiro atoms. The van der Waals surface area contributed by atoms with Crippen LogP contribution in [0.5, 0.6) is 0 Å². The maximum Gasteiger partial charge on any atom is 0.124 e. The molecule has 1 aliphatic heterocycles. The Hall–Kier alpha value is -1.23. The maximum atomic E-state index is 4.88. The van der Waals surface area contributed by atoms with Crippen LogP contribution in [0.15, 0.2) is 47.8 Å². The van der Waals surface area contributed by atoms with Crippen molar-refractivity contribution in [1.82, 2.24) is 4.98 Å². The summed E-state index contributed by atoms with van der Waals surface area (Å²) >= 11 is 5.83. The Kier molecular flexibility index (Phi) is 4.70. The maximum absolute atomic E-state index is 4.88. The highest BCUT2D eigenvalue weighted by atomic mass is 32.2. The number of nitrogens with zero attached hydrogens (tertiary/aromatic N) is 1. The molecule has 0 aliphatic carbocycles. The van der Waals surface area contributed by atoms with Crippen molar-refractivity contribution in [3.63, 3.8) is 0 Å². The van der Waals surface area contributed by atoms with E-state index in [0.29, 0.717) is 4.58 Å². The summed E-state index contributed by atoms with van der Waals surface area (Å²) in [6, 6.07) is 15.5. The highest BCUT2D eigenvalue weighted by molar-refractivity contribution is 8.19. The van der Waals surface area contributed by atoms with Crippen LogP contribution in [0.2, 0.25) is 0 Å². The van der Waals surface area contributed by atoms with E-state index in [1.807, 2.05) is 0 Å². The minimum Gasteiger partial charge on any atom is -0.236 e. The molecule has 0 saturated carbocycles. The topological polar surface area (TPSA) is 12.9 Å². The van der Waals surface area contributed by atoms with Crippen molar-refractivity contribution in [3.05, 3.63) is 64.5 Å². The molecule has 2 heterocycles. The monoisotopic (exact) mass is 369 g/mol. The lowest BCUT2D eigenvalue weighted by Crippen LogP contribution is -1.86. The van der Waals surface area contributed by atoms with Crippen LogP contribution < -0.4 is 0 Å². The van der Waals surface area contributed by atoms with Crippen molar-refractivity contribution in [3.8, 4) is 21.8 Å². The zero-order chi connectivity index (χ0) is 16.5. The average molecular weight is 370 g/mol. The summed E-state index contributed by atoms with van der Waals surface area (Å²) in [5.74, 6) is 2.53. The molecule has 4 heteroatoms. The Labute approximate surface area is 155 Å². The second-order valence-corrected chi connectivity index (χ2v) is 9.63. The van der Waals surface area contributed by atoms with Crippen molar-refractivity contribution < 1.29 is 0 Å². The van der Waals surface area contributed by atoms with E-state index in [9.17, 15) is 0 Å². The Morgan fingerprint density at radius 1 is 0.958 bits per heavy atom. The number of aryl methyl sites for hydroxylation is 2. The van der Waals surface area contributed by atoms with E-state index >= 15 is 0 Å². The van der Waals surface area contributed by atoms with Crippen molar-refractivity contribution in [2.24, 2.45) is 0 Å². The molecular formula is C20H19NS3. The van der Waals surface area contributed by atoms with Crippen LogP contribution in [0, 0.1) is 13.8 Å². The van der Waals surface area contributed by atoms with E-state index in [4.69, 9.17) is 4.98 Å². The van der Waals surface area contributed by atoms with Gasteiger partial charge in [0.05, 0.1) is 10.3 Å². The predicted octanol–water partition coefficient (Wildman–Crippen LogP) is 6.57. The molecule has 0 amide bonds. The van der Waals surface area contributed by atoms with Crippen LogP contribution >= 0.6 is 34.9 Å². The number of rotatable bonds is 3. The van der Waals surface area contributed by atoms with Crippen molar-refractivity contribution in [2.75, 3.05) is 11.5 Å². The summed E-state index contributed by atoms with van der Waals surface area (Å²) in [7, 11) is 0. The highest BCUT2D eigenvalue weighted by Gasteiger charge is 2.18. The fourth-order valence-corrected chi connectivity index (χ4v) is 6.65. The predicted molar refractivity (Wildman–Crippen MR) is 110 cm³/mol. The number of benzene rings is 2. The highest BCUT2D eigenvalue weighted by Crippen LogP contribution is 2.45. The standard InChI is InChI=1S/C20H19NS3/c1-13-3-8-17(14(2)11-13)18-12-24-19(21-18)15-4-6-16(7-5-15)20-22-9-10-23-20/h3-8,11-12,20H,9-10H2,1-2H3. The van der Waals surface area contributed by atoms with E-state index in [1.165, 1.54) is 39.3 Å². The van der Waals surface area contributed by atoms with E-state index in [0.717, 1.165) is 10.7 Å². The lowest BCUT2D eigenvalue weighted by atomic mass is 10.0. The first-order valence-corrected chi connectivity index (χ1v) is 11.0. The molecule has 122 valence electrons. The van der Waals surface area contributed by atoms with Gasteiger partial charge in [0.25, 0.3) is 0 Å². The normalized spacial score (nSPS) is 15.1. The molecule has 0 N–H and O–H groups in total. The average Bonchev–Trinajstić information content (AvgIpc) is 3.27. The second kappa shape index (κ2) is 6.95. The van der Waals surface area contributed by atoms with E-state index < -0.39 is 0 Å². The Balaban J connectivity index is 1.60. The fourth-order valence-electron chi connectivity index (χ4n) is 2.96. The number of aromatic nitrogens is 1. The molecule has 0 unspecified atom stereocenters. The third-order valence-corrected chi connectivity index (χ3v) is 8.21. The van der Waals surface area contributed by atoms with Crippen LogP contribution in [0.3, 0.4) is 0 Å². The van der Waals surface area contributed by atoms with Gasteiger partial charge in [-0.25, -0.2) is 4.98 Å². The summed E-state index contributed by atoms with van der Waals surface area (Å²) in [5.41, 5.74) is 7.55. The molecule has 24 heavy (non-hydrogen) atoms. The summed E-state index contributed by atoms with van der Waals surface area (Å²) in [6.07, 6.45) is 0. The van der Waals surface area contributed by atoms with Crippen LogP contribution in [-0.4, -0.2) is 16.5 Å². The fraction of sp³-hybridized carbons (Fsp3) is 0.250. The molecule has 0 atom stereocenters. The van der Waals surface area contributed by atoms with Gasteiger partial charge in [-0.1, -0.05) is 48.0 Å². The molecule has 0 bridgehead atoms. The first-order valence-electron chi connectivity index (χ1n) is 8.07. The Morgan fingerprint density at radius 3 is 2.42 bits per heavy atom. The SMILES string of the molecule is Cc1ccc(-c2csc(-c3ccc(C4SCCS4)cc3)n2)c(C)c1. The van der Waals surface area contributed by atoms with Crippen LogP contribution in [-0.2, 0) is 0 Å². The largest absolute Gasteiger partial charge is 0.236 e. The van der Waals surface area contributed by atoms with E-state index in [1.54, 1.807) is 11.3 Å². The summed E-state index contributed by atoms with van der Waals surface area (Å²) < 4.78 is 0.612. The molecule has 1 nitrogen and oxygen atoms in total. The number of thiazole rings is 1. The van der Waals surface area contributed by atoms with Gasteiger partial charge in [-0.15, -0.1) is 34.9 Å². The first kappa shape index (κ1) is 16.2. The molecule has 1 fully saturated rings. The minimum absolute atomic E-state index is 0.612. The van der Waals surface area contributed by atoms with E-state index in [-0.39, 0.29) is 0 Å². The molecule has 1 aromatic heterocycles. The van der Waals surface area contributed by atoms with Gasteiger partial charge in [-0.3, -0.25) is 0 Å². The van der Waals surface area contributed by atoms with Gasteiger partial charge in [0.1, 0.15) is 5.01 Å². The molecule has 1 saturated heterocycles. The quantitative estimate of drug-likeness (QED) is 0.518. The Morgan fingerprint density at radius 2 is 1.71 bits per heavy atom. The van der Waals surface area contributed by atoms with Gasteiger partial charge in [0.2, 0.25) is 0 Å². The Bertz CT molecular complexity index is 846. The van der Waals surface area contributed by atoms with Crippen molar-refractivity contribution >= 4 is 34.9 Å². The smallest absolute Gasteiger partial charge is 0.124 e. The summed E-state index contributed by atoms with van der Waals surface area (Å²) in [5, 5.41) is 3.27. The lowest BCUT2D eigenvalue weighted by Gasteiger charge is -2.08. The zero-order valence-corrected chi connectivity index (χ0v) is 16.2. The van der Waals surface area contributed by atoms with Gasteiger partial charge in [-0.2, -0.15) is 0 Å². The third-order valence-electron chi connectivity index (χ3n) is 4.21. The zero-order valence-electron chi connectivity index (χ0n) is 13.8. The molecule has 3 aromatic rings. The van der Waals surface area contributed by atoms with Crippen LogP contribution in [0.4, 0.5) is 0 Å². The molecule has 4 rings (SSSR count). The van der Waals surface area contributed by atoms with Gasteiger partial charge in [0, 0.05) is 28.0 Å². The second-order valence-electron chi connectivity index (χ2n) is 6.05. The van der Waals surface area contributed by atoms with Gasteiger partial charge in [0.15, 0.2) is 0 Å².